The number of pyridine rings is 1. The normalized spacial score (nSPS) is 26.8. The molecule has 2 aliphatic heterocycles. The Morgan fingerprint density at radius 2 is 2.33 bits per heavy atom. The van der Waals surface area contributed by atoms with Crippen LogP contribution in [0.2, 0.25) is 0 Å². The minimum Gasteiger partial charge on any atom is -0.355 e. The van der Waals surface area contributed by atoms with Crippen LogP contribution in [0.15, 0.2) is 12.1 Å². The van der Waals surface area contributed by atoms with Gasteiger partial charge >= 0.3 is 0 Å². The highest BCUT2D eigenvalue weighted by Crippen LogP contribution is 2.28. The molecule has 0 radical (unpaired) electrons. The van der Waals surface area contributed by atoms with Gasteiger partial charge in [0.2, 0.25) is 0 Å². The lowest BCUT2D eigenvalue weighted by Crippen LogP contribution is -2.40. The predicted octanol–water partition coefficient (Wildman–Crippen LogP) is 1.45. The van der Waals surface area contributed by atoms with Crippen molar-refractivity contribution >= 4 is 5.82 Å². The van der Waals surface area contributed by atoms with Crippen LogP contribution in [0.1, 0.15) is 24.1 Å². The highest BCUT2D eigenvalue weighted by molar-refractivity contribution is 5.48. The maximum absolute atomic E-state index is 9.03. The van der Waals surface area contributed by atoms with E-state index in [1.54, 1.807) is 0 Å². The first-order valence-electron chi connectivity index (χ1n) is 6.63. The van der Waals surface area contributed by atoms with E-state index in [0.717, 1.165) is 37.1 Å². The van der Waals surface area contributed by atoms with Crippen LogP contribution in [0.4, 0.5) is 5.82 Å². The van der Waals surface area contributed by atoms with Crippen molar-refractivity contribution in [2.75, 3.05) is 24.5 Å². The molecule has 2 atom stereocenters. The molecule has 2 aliphatic rings. The minimum atomic E-state index is 0.603. The smallest absolute Gasteiger partial charge is 0.130 e. The van der Waals surface area contributed by atoms with Gasteiger partial charge in [-0.25, -0.2) is 4.98 Å². The molecule has 0 saturated carbocycles. The van der Waals surface area contributed by atoms with Gasteiger partial charge in [0.05, 0.1) is 11.6 Å². The lowest BCUT2D eigenvalue weighted by molar-refractivity contribution is 0.340. The van der Waals surface area contributed by atoms with Crippen molar-refractivity contribution in [3.63, 3.8) is 0 Å². The first-order valence-corrected chi connectivity index (χ1v) is 6.63. The number of hydrogen-bond acceptors (Lipinski definition) is 4. The maximum atomic E-state index is 9.03. The Morgan fingerprint density at radius 3 is 3.11 bits per heavy atom. The summed E-state index contributed by atoms with van der Waals surface area (Å²) in [6.45, 7) is 5.18. The van der Waals surface area contributed by atoms with E-state index in [-0.39, 0.29) is 0 Å². The van der Waals surface area contributed by atoms with E-state index in [1.807, 2.05) is 19.1 Å². The number of nitriles is 1. The van der Waals surface area contributed by atoms with Crippen molar-refractivity contribution in [2.45, 2.75) is 25.8 Å². The summed E-state index contributed by atoms with van der Waals surface area (Å²) in [6.07, 6.45) is 2.59. The molecule has 1 aromatic heterocycles. The monoisotopic (exact) mass is 242 g/mol. The molecule has 1 N–H and O–H groups in total. The molecule has 0 unspecified atom stereocenters. The van der Waals surface area contributed by atoms with Gasteiger partial charge < -0.3 is 10.2 Å². The summed E-state index contributed by atoms with van der Waals surface area (Å²) in [7, 11) is 0. The SMILES string of the molecule is Cc1cc(C#N)cc(N2C[C@@H]3CCCN[C@@H]3C2)n1. The Labute approximate surface area is 108 Å². The van der Waals surface area contributed by atoms with Crippen molar-refractivity contribution in [2.24, 2.45) is 5.92 Å². The zero-order chi connectivity index (χ0) is 12.5. The van der Waals surface area contributed by atoms with Crippen LogP contribution in [0.25, 0.3) is 0 Å². The number of piperidine rings is 1. The molecule has 0 aromatic carbocycles. The van der Waals surface area contributed by atoms with Gasteiger partial charge in [0, 0.05) is 24.8 Å². The van der Waals surface area contributed by atoms with Gasteiger partial charge in [-0.3, -0.25) is 0 Å². The lowest BCUT2D eigenvalue weighted by Gasteiger charge is -2.24. The fourth-order valence-electron chi connectivity index (χ4n) is 3.11. The molecule has 4 nitrogen and oxygen atoms in total. The second-order valence-electron chi connectivity index (χ2n) is 5.34. The van der Waals surface area contributed by atoms with E-state index in [9.17, 15) is 0 Å². The predicted molar refractivity (Wildman–Crippen MR) is 70.4 cm³/mol. The van der Waals surface area contributed by atoms with Crippen molar-refractivity contribution in [1.82, 2.24) is 10.3 Å². The summed E-state index contributed by atoms with van der Waals surface area (Å²) in [5.74, 6) is 1.70. The van der Waals surface area contributed by atoms with Crippen molar-refractivity contribution in [3.05, 3.63) is 23.4 Å². The third-order valence-electron chi connectivity index (χ3n) is 3.99. The Kier molecular flexibility index (Phi) is 2.92. The number of nitrogens with one attached hydrogen (secondary N) is 1. The van der Waals surface area contributed by atoms with E-state index >= 15 is 0 Å². The van der Waals surface area contributed by atoms with E-state index in [2.05, 4.69) is 21.3 Å². The van der Waals surface area contributed by atoms with Gasteiger partial charge in [-0.15, -0.1) is 0 Å². The molecule has 94 valence electrons. The van der Waals surface area contributed by atoms with Gasteiger partial charge in [-0.05, 0) is 44.4 Å². The molecule has 0 spiro atoms. The van der Waals surface area contributed by atoms with E-state index in [4.69, 9.17) is 5.26 Å². The Bertz CT molecular complexity index is 477. The summed E-state index contributed by atoms with van der Waals surface area (Å²) in [5, 5.41) is 12.6. The van der Waals surface area contributed by atoms with Crippen molar-refractivity contribution < 1.29 is 0 Å². The number of hydrogen-bond donors (Lipinski definition) is 1. The molecule has 3 rings (SSSR count). The summed E-state index contributed by atoms with van der Waals surface area (Å²) in [4.78, 5) is 6.89. The van der Waals surface area contributed by atoms with Crippen LogP contribution >= 0.6 is 0 Å². The number of fused-ring (bicyclic) bond motifs is 1. The third kappa shape index (κ3) is 2.06. The van der Waals surface area contributed by atoms with Crippen LogP contribution in [0.3, 0.4) is 0 Å². The molecule has 3 heterocycles. The van der Waals surface area contributed by atoms with E-state index < -0.39 is 0 Å². The molecule has 18 heavy (non-hydrogen) atoms. The van der Waals surface area contributed by atoms with Gasteiger partial charge in [0.1, 0.15) is 5.82 Å². The summed E-state index contributed by atoms with van der Waals surface area (Å²) < 4.78 is 0. The highest BCUT2D eigenvalue weighted by atomic mass is 15.2. The second kappa shape index (κ2) is 4.58. The number of aromatic nitrogens is 1. The van der Waals surface area contributed by atoms with Crippen LogP contribution in [-0.4, -0.2) is 30.7 Å². The zero-order valence-electron chi connectivity index (χ0n) is 10.7. The number of nitrogens with zero attached hydrogens (tertiary/aromatic N) is 3. The Morgan fingerprint density at radius 1 is 1.44 bits per heavy atom. The van der Waals surface area contributed by atoms with Gasteiger partial charge in [-0.1, -0.05) is 0 Å². The summed E-state index contributed by atoms with van der Waals surface area (Å²) in [6, 6.07) is 6.56. The number of rotatable bonds is 1. The molecule has 0 aliphatic carbocycles. The van der Waals surface area contributed by atoms with Gasteiger partial charge in [0.25, 0.3) is 0 Å². The number of aryl methyl sites for hydroxylation is 1. The van der Waals surface area contributed by atoms with Crippen LogP contribution in [0, 0.1) is 24.2 Å². The molecule has 2 fully saturated rings. The van der Waals surface area contributed by atoms with Crippen molar-refractivity contribution in [1.29, 1.82) is 5.26 Å². The summed E-state index contributed by atoms with van der Waals surface area (Å²) in [5.41, 5.74) is 1.63. The fourth-order valence-corrected chi connectivity index (χ4v) is 3.11. The maximum Gasteiger partial charge on any atom is 0.130 e. The second-order valence-corrected chi connectivity index (χ2v) is 5.34. The third-order valence-corrected chi connectivity index (χ3v) is 3.99. The average molecular weight is 242 g/mol. The highest BCUT2D eigenvalue weighted by Gasteiger charge is 2.34. The molecule has 0 amide bonds. The molecule has 1 aromatic rings. The average Bonchev–Trinajstić information content (AvgIpc) is 2.81. The van der Waals surface area contributed by atoms with Crippen LogP contribution < -0.4 is 10.2 Å². The Hall–Kier alpha value is -1.60. The van der Waals surface area contributed by atoms with Crippen LogP contribution in [-0.2, 0) is 0 Å². The van der Waals surface area contributed by atoms with Crippen LogP contribution in [0.5, 0.6) is 0 Å². The first-order chi connectivity index (χ1) is 8.76. The quantitative estimate of drug-likeness (QED) is 0.810. The topological polar surface area (TPSA) is 52.0 Å². The van der Waals surface area contributed by atoms with Gasteiger partial charge in [-0.2, -0.15) is 5.26 Å². The van der Waals surface area contributed by atoms with Crippen molar-refractivity contribution in [3.8, 4) is 6.07 Å². The molecule has 0 bridgehead atoms. The lowest BCUT2D eigenvalue weighted by atomic mass is 9.94. The standard InChI is InChI=1S/C14H18N4/c1-10-5-11(7-15)6-14(17-10)18-8-12-3-2-4-16-13(12)9-18/h5-6,12-13,16H,2-4,8-9H2,1H3/t12-,13+/m0/s1. The number of anilines is 1. The molecular formula is C14H18N4. The minimum absolute atomic E-state index is 0.603. The molecule has 2 saturated heterocycles. The summed E-state index contributed by atoms with van der Waals surface area (Å²) >= 11 is 0. The largest absolute Gasteiger partial charge is 0.355 e. The Balaban J connectivity index is 1.83. The van der Waals surface area contributed by atoms with E-state index in [1.165, 1.54) is 12.8 Å². The molecule has 4 heteroatoms. The molecular weight excluding hydrogens is 224 g/mol. The van der Waals surface area contributed by atoms with Gasteiger partial charge in [0.15, 0.2) is 0 Å². The zero-order valence-corrected chi connectivity index (χ0v) is 10.7. The first kappa shape index (κ1) is 11.5. The van der Waals surface area contributed by atoms with E-state index in [0.29, 0.717) is 11.6 Å². The fraction of sp³-hybridized carbons (Fsp3) is 0.571.